The van der Waals surface area contributed by atoms with Gasteiger partial charge in [0.25, 0.3) is 5.91 Å². The number of rotatable bonds is 4. The predicted octanol–water partition coefficient (Wildman–Crippen LogP) is 2.88. The van der Waals surface area contributed by atoms with E-state index in [1.807, 2.05) is 17.0 Å². The Hall–Kier alpha value is -3.75. The van der Waals surface area contributed by atoms with E-state index in [2.05, 4.69) is 10.5 Å². The molecule has 8 nitrogen and oxygen atoms in total. The maximum atomic E-state index is 14.6. The van der Waals surface area contributed by atoms with E-state index in [9.17, 15) is 18.8 Å². The number of ether oxygens (including phenoxy) is 1. The molecule has 182 valence electrons. The van der Waals surface area contributed by atoms with Gasteiger partial charge in [-0.25, -0.2) is 4.39 Å². The van der Waals surface area contributed by atoms with Crippen molar-refractivity contribution in [2.45, 2.75) is 31.7 Å². The molecule has 2 fully saturated rings. The van der Waals surface area contributed by atoms with Crippen LogP contribution in [0.1, 0.15) is 53.2 Å². The Bertz CT molecular complexity index is 1170. The number of carbonyl (C=O) groups excluding carboxylic acids is 3. The van der Waals surface area contributed by atoms with E-state index in [-0.39, 0.29) is 29.0 Å². The number of fused-ring (bicyclic) bond motifs is 1. The Morgan fingerprint density at radius 1 is 1.03 bits per heavy atom. The normalized spacial score (nSPS) is 20.0. The fourth-order valence-corrected chi connectivity index (χ4v) is 4.98. The summed E-state index contributed by atoms with van der Waals surface area (Å²) >= 11 is 0. The van der Waals surface area contributed by atoms with Crippen molar-refractivity contribution in [2.24, 2.45) is 11.0 Å². The first-order valence-corrected chi connectivity index (χ1v) is 12.0. The minimum atomic E-state index is -0.642. The number of halogens is 1. The third kappa shape index (κ3) is 4.62. The molecule has 2 aromatic rings. The van der Waals surface area contributed by atoms with Crippen molar-refractivity contribution in [3.05, 3.63) is 65.0 Å². The summed E-state index contributed by atoms with van der Waals surface area (Å²) < 4.78 is 20.5. The van der Waals surface area contributed by atoms with Crippen molar-refractivity contribution in [3.8, 4) is 5.75 Å². The van der Waals surface area contributed by atoms with Crippen molar-refractivity contribution in [2.75, 3.05) is 26.2 Å². The van der Waals surface area contributed by atoms with Gasteiger partial charge in [-0.05, 0) is 42.7 Å². The second-order valence-corrected chi connectivity index (χ2v) is 9.09. The maximum Gasteiger partial charge on any atom is 0.257 e. The van der Waals surface area contributed by atoms with Gasteiger partial charge in [-0.1, -0.05) is 31.0 Å². The van der Waals surface area contributed by atoms with E-state index in [0.717, 1.165) is 37.5 Å². The second-order valence-electron chi connectivity index (χ2n) is 9.09. The molecule has 2 amide bonds. The van der Waals surface area contributed by atoms with Crippen LogP contribution in [-0.2, 0) is 9.59 Å². The van der Waals surface area contributed by atoms with E-state index in [1.165, 1.54) is 18.2 Å². The lowest BCUT2D eigenvalue weighted by atomic mass is 10.0. The fourth-order valence-electron chi connectivity index (χ4n) is 4.98. The Balaban J connectivity index is 1.28. The van der Waals surface area contributed by atoms with Crippen LogP contribution in [0.5, 0.6) is 5.75 Å². The number of piperazine rings is 1. The highest BCUT2D eigenvalue weighted by atomic mass is 19.1. The number of hydrogen-bond donors (Lipinski definition) is 1. The van der Waals surface area contributed by atoms with E-state index in [4.69, 9.17) is 4.74 Å². The Morgan fingerprint density at radius 3 is 2.49 bits per heavy atom. The van der Waals surface area contributed by atoms with E-state index < -0.39 is 17.8 Å². The second kappa shape index (κ2) is 9.85. The van der Waals surface area contributed by atoms with E-state index in [0.29, 0.717) is 31.7 Å². The monoisotopic (exact) mass is 478 g/mol. The Kier molecular flexibility index (Phi) is 6.48. The van der Waals surface area contributed by atoms with Gasteiger partial charge in [-0.3, -0.25) is 15.0 Å². The average molecular weight is 479 g/mol. The van der Waals surface area contributed by atoms with E-state index in [1.54, 1.807) is 17.0 Å². The highest BCUT2D eigenvalue weighted by molar-refractivity contribution is 5.99. The zero-order chi connectivity index (χ0) is 24.4. The van der Waals surface area contributed by atoms with Crippen LogP contribution in [0.2, 0.25) is 0 Å². The summed E-state index contributed by atoms with van der Waals surface area (Å²) in [6, 6.07) is 10.6. The zero-order valence-corrected chi connectivity index (χ0v) is 19.3. The number of aldehydes is 1. The SMILES string of the molecule is O=CC1NN=C(Oc2ccc(F)c(C(=O)N3CCN(C(=O)C4CCCC4)CC3)c2)c2ccccc21. The average Bonchev–Trinajstić information content (AvgIpc) is 3.44. The minimum Gasteiger partial charge on any atom is -0.437 e. The van der Waals surface area contributed by atoms with Crippen LogP contribution in [0.15, 0.2) is 47.6 Å². The van der Waals surface area contributed by atoms with E-state index >= 15 is 0 Å². The quantitative estimate of drug-likeness (QED) is 0.683. The highest BCUT2D eigenvalue weighted by Gasteiger charge is 2.31. The summed E-state index contributed by atoms with van der Waals surface area (Å²) in [7, 11) is 0. The molecule has 1 aliphatic carbocycles. The minimum absolute atomic E-state index is 0.0958. The molecule has 1 saturated carbocycles. The third-order valence-electron chi connectivity index (χ3n) is 6.93. The number of hydrogen-bond acceptors (Lipinski definition) is 6. The lowest BCUT2D eigenvalue weighted by Gasteiger charge is -2.36. The van der Waals surface area contributed by atoms with Crippen LogP contribution in [-0.4, -0.2) is 60.0 Å². The molecule has 5 rings (SSSR count). The van der Waals surface area contributed by atoms with Gasteiger partial charge in [0.15, 0.2) is 0 Å². The fraction of sp³-hybridized carbons (Fsp3) is 0.385. The number of nitrogens with one attached hydrogen (secondary N) is 1. The van der Waals surface area contributed by atoms with Gasteiger partial charge in [-0.2, -0.15) is 0 Å². The molecule has 2 aromatic carbocycles. The number of amides is 2. The molecule has 9 heteroatoms. The van der Waals surface area contributed by atoms with Gasteiger partial charge < -0.3 is 19.3 Å². The molecule has 0 bridgehead atoms. The van der Waals surface area contributed by atoms with Crippen molar-refractivity contribution in [3.63, 3.8) is 0 Å². The van der Waals surface area contributed by atoms with Crippen molar-refractivity contribution < 1.29 is 23.5 Å². The van der Waals surface area contributed by atoms with Crippen molar-refractivity contribution >= 4 is 24.0 Å². The number of hydrazone groups is 1. The first-order chi connectivity index (χ1) is 17.0. The van der Waals surface area contributed by atoms with Gasteiger partial charge in [-0.15, -0.1) is 5.10 Å². The smallest absolute Gasteiger partial charge is 0.257 e. The molecule has 1 N–H and O–H groups in total. The largest absolute Gasteiger partial charge is 0.437 e. The molecule has 3 aliphatic rings. The van der Waals surface area contributed by atoms with Crippen molar-refractivity contribution in [1.29, 1.82) is 0 Å². The van der Waals surface area contributed by atoms with Gasteiger partial charge >= 0.3 is 0 Å². The Labute approximate surface area is 202 Å². The number of nitrogens with zero attached hydrogens (tertiary/aromatic N) is 3. The first-order valence-electron chi connectivity index (χ1n) is 12.0. The highest BCUT2D eigenvalue weighted by Crippen LogP contribution is 2.28. The summed E-state index contributed by atoms with van der Waals surface area (Å²) in [5.41, 5.74) is 4.01. The predicted molar refractivity (Wildman–Crippen MR) is 126 cm³/mol. The van der Waals surface area contributed by atoms with Crippen LogP contribution in [0.4, 0.5) is 4.39 Å². The van der Waals surface area contributed by atoms with Crippen LogP contribution in [0.25, 0.3) is 0 Å². The van der Waals surface area contributed by atoms with Gasteiger partial charge in [0.2, 0.25) is 11.8 Å². The maximum absolute atomic E-state index is 14.6. The van der Waals surface area contributed by atoms with Crippen LogP contribution in [0, 0.1) is 11.7 Å². The van der Waals surface area contributed by atoms with Gasteiger partial charge in [0.1, 0.15) is 23.9 Å². The molecule has 35 heavy (non-hydrogen) atoms. The molecule has 1 unspecified atom stereocenters. The molecule has 1 saturated heterocycles. The summed E-state index contributed by atoms with van der Waals surface area (Å²) in [6.45, 7) is 1.63. The first kappa shape index (κ1) is 23.0. The zero-order valence-electron chi connectivity index (χ0n) is 19.3. The lowest BCUT2D eigenvalue weighted by molar-refractivity contribution is -0.136. The van der Waals surface area contributed by atoms with Crippen LogP contribution >= 0.6 is 0 Å². The van der Waals surface area contributed by atoms with Crippen LogP contribution < -0.4 is 10.2 Å². The molecular weight excluding hydrogens is 451 g/mol. The molecule has 0 aromatic heterocycles. The third-order valence-corrected chi connectivity index (χ3v) is 6.93. The summed E-state index contributed by atoms with van der Waals surface area (Å²) in [5, 5.41) is 4.15. The molecule has 1 atom stereocenters. The lowest BCUT2D eigenvalue weighted by Crippen LogP contribution is -2.51. The summed E-state index contributed by atoms with van der Waals surface area (Å²) in [6.07, 6.45) is 4.83. The Morgan fingerprint density at radius 2 is 1.74 bits per heavy atom. The molecular formula is C26H27FN4O4. The summed E-state index contributed by atoms with van der Waals surface area (Å²) in [4.78, 5) is 40.5. The van der Waals surface area contributed by atoms with Crippen LogP contribution in [0.3, 0.4) is 0 Å². The number of benzene rings is 2. The molecule has 0 radical (unpaired) electrons. The van der Waals surface area contributed by atoms with Crippen molar-refractivity contribution in [1.82, 2.24) is 15.2 Å². The van der Waals surface area contributed by atoms with Gasteiger partial charge in [0, 0.05) is 37.7 Å². The number of carbonyl (C=O) groups is 3. The molecule has 0 spiro atoms. The summed E-state index contributed by atoms with van der Waals surface area (Å²) in [5.74, 6) is -0.321. The topological polar surface area (TPSA) is 91.3 Å². The van der Waals surface area contributed by atoms with Gasteiger partial charge in [0.05, 0.1) is 5.56 Å². The standard InChI is InChI=1S/C26H27FN4O4/c27-22-10-9-18(35-24-20-8-4-3-7-19(20)23(16-32)28-29-24)15-21(22)26(34)31-13-11-30(12-14-31)25(33)17-5-1-2-6-17/h3-4,7-10,15-17,23,28H,1-2,5-6,11-14H2. The molecule has 2 aliphatic heterocycles. The molecule has 2 heterocycles.